The highest BCUT2D eigenvalue weighted by Gasteiger charge is 2.02. The van der Waals surface area contributed by atoms with Crippen LogP contribution in [0.4, 0.5) is 10.1 Å². The summed E-state index contributed by atoms with van der Waals surface area (Å²) in [6.07, 6.45) is 1.75. The zero-order chi connectivity index (χ0) is 15.8. The minimum atomic E-state index is -0.351. The molecule has 0 aliphatic rings. The fourth-order valence-electron chi connectivity index (χ4n) is 1.88. The summed E-state index contributed by atoms with van der Waals surface area (Å²) < 4.78 is 13.5. The number of para-hydroxylation sites is 1. The molecule has 0 radical (unpaired) electrons. The molecule has 0 unspecified atom stereocenters. The van der Waals surface area contributed by atoms with E-state index in [1.807, 2.05) is 25.1 Å². The molecule has 2 rings (SSSR count). The van der Waals surface area contributed by atoms with Gasteiger partial charge in [-0.1, -0.05) is 42.5 Å². The molecule has 2 aromatic rings. The molecule has 0 heterocycles. The van der Waals surface area contributed by atoms with Gasteiger partial charge in [-0.15, -0.1) is 0 Å². The molecule has 0 fully saturated rings. The largest absolute Gasteiger partial charge is 0.329 e. The molecule has 0 aromatic heterocycles. The van der Waals surface area contributed by atoms with E-state index in [0.29, 0.717) is 5.69 Å². The molecule has 0 atom stereocenters. The Morgan fingerprint density at radius 3 is 2.50 bits per heavy atom. The van der Waals surface area contributed by atoms with E-state index in [2.05, 4.69) is 28.0 Å². The molecule has 114 valence electrons. The van der Waals surface area contributed by atoms with Crippen molar-refractivity contribution in [3.05, 3.63) is 66.0 Å². The predicted octanol–water partition coefficient (Wildman–Crippen LogP) is 4.12. The number of hydrogen-bond acceptors (Lipinski definition) is 2. The van der Waals surface area contributed by atoms with E-state index in [1.54, 1.807) is 18.2 Å². The topological polar surface area (TPSA) is 36.4 Å². The summed E-state index contributed by atoms with van der Waals surface area (Å²) in [5, 5.41) is 7.25. The third kappa shape index (κ3) is 5.26. The first-order valence-corrected chi connectivity index (χ1v) is 7.44. The van der Waals surface area contributed by atoms with E-state index < -0.39 is 0 Å². The molecule has 0 bridgehead atoms. The van der Waals surface area contributed by atoms with E-state index in [1.165, 1.54) is 11.6 Å². The molecule has 0 spiro atoms. The maximum absolute atomic E-state index is 13.5. The highest BCUT2D eigenvalue weighted by atomic mass is 32.1. The Bertz CT molecular complexity index is 656. The third-order valence-electron chi connectivity index (χ3n) is 3.09. The van der Waals surface area contributed by atoms with Crippen LogP contribution >= 0.6 is 12.2 Å². The van der Waals surface area contributed by atoms with Crippen molar-refractivity contribution in [1.29, 1.82) is 0 Å². The van der Waals surface area contributed by atoms with Crippen LogP contribution in [0.2, 0.25) is 0 Å². The average Bonchev–Trinajstić information content (AvgIpc) is 2.54. The highest BCUT2D eigenvalue weighted by molar-refractivity contribution is 7.80. The van der Waals surface area contributed by atoms with Crippen LogP contribution in [-0.4, -0.2) is 10.8 Å². The SMILES string of the molecule is C/C(CCc1ccccc1)=N/NC(=S)Nc1ccccc1F. The van der Waals surface area contributed by atoms with Crippen LogP contribution in [0.3, 0.4) is 0 Å². The minimum Gasteiger partial charge on any atom is -0.329 e. The van der Waals surface area contributed by atoms with Crippen LogP contribution in [0.5, 0.6) is 0 Å². The van der Waals surface area contributed by atoms with Gasteiger partial charge in [0.1, 0.15) is 5.82 Å². The van der Waals surface area contributed by atoms with Crippen LogP contribution in [0, 0.1) is 5.82 Å². The summed E-state index contributed by atoms with van der Waals surface area (Å²) >= 11 is 5.10. The van der Waals surface area contributed by atoms with E-state index in [4.69, 9.17) is 12.2 Å². The summed E-state index contributed by atoms with van der Waals surface area (Å²) in [6.45, 7) is 1.93. The number of rotatable bonds is 5. The number of benzene rings is 2. The lowest BCUT2D eigenvalue weighted by Gasteiger charge is -2.08. The van der Waals surface area contributed by atoms with Crippen molar-refractivity contribution in [3.8, 4) is 0 Å². The predicted molar refractivity (Wildman–Crippen MR) is 93.6 cm³/mol. The number of hydrazone groups is 1. The molecule has 0 aliphatic heterocycles. The minimum absolute atomic E-state index is 0.268. The smallest absolute Gasteiger partial charge is 0.191 e. The highest BCUT2D eigenvalue weighted by Crippen LogP contribution is 2.11. The van der Waals surface area contributed by atoms with Crippen LogP contribution in [0.25, 0.3) is 0 Å². The first-order valence-electron chi connectivity index (χ1n) is 7.04. The number of thiocarbonyl (C=S) groups is 1. The average molecular weight is 315 g/mol. The summed E-state index contributed by atoms with van der Waals surface area (Å²) in [7, 11) is 0. The van der Waals surface area contributed by atoms with Crippen molar-refractivity contribution in [3.63, 3.8) is 0 Å². The zero-order valence-electron chi connectivity index (χ0n) is 12.3. The Morgan fingerprint density at radius 1 is 1.09 bits per heavy atom. The van der Waals surface area contributed by atoms with E-state index in [-0.39, 0.29) is 10.9 Å². The van der Waals surface area contributed by atoms with Crippen molar-refractivity contribution >= 4 is 28.7 Å². The maximum atomic E-state index is 13.5. The summed E-state index contributed by atoms with van der Waals surface area (Å²) in [5.74, 6) is -0.351. The lowest BCUT2D eigenvalue weighted by atomic mass is 10.1. The van der Waals surface area contributed by atoms with Crippen molar-refractivity contribution in [1.82, 2.24) is 5.43 Å². The van der Waals surface area contributed by atoms with Crippen molar-refractivity contribution in [2.45, 2.75) is 19.8 Å². The Labute approximate surface area is 135 Å². The van der Waals surface area contributed by atoms with Crippen molar-refractivity contribution in [2.24, 2.45) is 5.10 Å². The third-order valence-corrected chi connectivity index (χ3v) is 3.28. The first-order chi connectivity index (χ1) is 10.6. The maximum Gasteiger partial charge on any atom is 0.191 e. The van der Waals surface area contributed by atoms with Gasteiger partial charge in [0.2, 0.25) is 0 Å². The Kier molecular flexibility index (Phi) is 6.03. The van der Waals surface area contributed by atoms with Crippen LogP contribution < -0.4 is 10.7 Å². The van der Waals surface area contributed by atoms with Gasteiger partial charge < -0.3 is 5.32 Å². The van der Waals surface area contributed by atoms with Gasteiger partial charge in [0.05, 0.1) is 5.69 Å². The normalized spacial score (nSPS) is 11.1. The quantitative estimate of drug-likeness (QED) is 0.495. The summed E-state index contributed by atoms with van der Waals surface area (Å²) in [5.41, 5.74) is 5.27. The van der Waals surface area contributed by atoms with Gasteiger partial charge in [-0.3, -0.25) is 5.43 Å². The van der Waals surface area contributed by atoms with Gasteiger partial charge >= 0.3 is 0 Å². The second kappa shape index (κ2) is 8.24. The molecular weight excluding hydrogens is 297 g/mol. The molecule has 0 saturated heterocycles. The monoisotopic (exact) mass is 315 g/mol. The molecule has 3 nitrogen and oxygen atoms in total. The fraction of sp³-hybridized carbons (Fsp3) is 0.176. The molecule has 5 heteroatoms. The lowest BCUT2D eigenvalue weighted by molar-refractivity contribution is 0.632. The van der Waals surface area contributed by atoms with Gasteiger partial charge in [-0.25, -0.2) is 4.39 Å². The van der Waals surface area contributed by atoms with Crippen molar-refractivity contribution in [2.75, 3.05) is 5.32 Å². The second-order valence-electron chi connectivity index (χ2n) is 4.88. The number of nitrogens with zero attached hydrogens (tertiary/aromatic N) is 1. The lowest BCUT2D eigenvalue weighted by Crippen LogP contribution is -2.25. The molecule has 22 heavy (non-hydrogen) atoms. The second-order valence-corrected chi connectivity index (χ2v) is 5.29. The molecule has 2 N–H and O–H groups in total. The number of nitrogens with one attached hydrogen (secondary N) is 2. The zero-order valence-corrected chi connectivity index (χ0v) is 13.2. The van der Waals surface area contributed by atoms with E-state index in [9.17, 15) is 4.39 Å². The van der Waals surface area contributed by atoms with E-state index in [0.717, 1.165) is 18.6 Å². The Balaban J connectivity index is 1.80. The number of halogens is 1. The number of anilines is 1. The molecule has 0 aliphatic carbocycles. The molecule has 0 saturated carbocycles. The number of aryl methyl sites for hydroxylation is 1. The Morgan fingerprint density at radius 2 is 1.77 bits per heavy atom. The van der Waals surface area contributed by atoms with Crippen LogP contribution in [0.15, 0.2) is 59.7 Å². The van der Waals surface area contributed by atoms with Crippen LogP contribution in [-0.2, 0) is 6.42 Å². The Hall–Kier alpha value is -2.27. The van der Waals surface area contributed by atoms with Crippen LogP contribution in [0.1, 0.15) is 18.9 Å². The standard InChI is InChI=1S/C17H18FN3S/c1-13(11-12-14-7-3-2-4-8-14)20-21-17(22)19-16-10-6-5-9-15(16)18/h2-10H,11-12H2,1H3,(H2,19,21,22)/b20-13-. The van der Waals surface area contributed by atoms with E-state index >= 15 is 0 Å². The van der Waals surface area contributed by atoms with Crippen molar-refractivity contribution < 1.29 is 4.39 Å². The number of hydrogen-bond donors (Lipinski definition) is 2. The fourth-order valence-corrected chi connectivity index (χ4v) is 2.04. The first kappa shape index (κ1) is 16.1. The summed E-state index contributed by atoms with van der Waals surface area (Å²) in [6, 6.07) is 16.6. The molecule has 2 aromatic carbocycles. The van der Waals surface area contributed by atoms with Gasteiger partial charge in [0, 0.05) is 5.71 Å². The van der Waals surface area contributed by atoms with Gasteiger partial charge in [-0.2, -0.15) is 5.10 Å². The summed E-state index contributed by atoms with van der Waals surface area (Å²) in [4.78, 5) is 0. The molecule has 0 amide bonds. The molecular formula is C17H18FN3S. The van der Waals surface area contributed by atoms with Gasteiger partial charge in [-0.05, 0) is 49.7 Å². The van der Waals surface area contributed by atoms with Gasteiger partial charge in [0.15, 0.2) is 5.11 Å². The van der Waals surface area contributed by atoms with Gasteiger partial charge in [0.25, 0.3) is 0 Å².